The Balaban J connectivity index is 4.28. The summed E-state index contributed by atoms with van der Waals surface area (Å²) in [6.07, 6.45) is 54.0. The second kappa shape index (κ2) is 45.2. The van der Waals surface area contributed by atoms with Gasteiger partial charge >= 0.3 is 19.8 Å². The first kappa shape index (κ1) is 58.1. The minimum absolute atomic E-state index is 0.168. The van der Waals surface area contributed by atoms with Crippen molar-refractivity contribution in [1.82, 2.24) is 0 Å². The maximum Gasteiger partial charge on any atom is 0.472 e. The van der Waals surface area contributed by atoms with Gasteiger partial charge in [0.25, 0.3) is 0 Å². The SMILES string of the molecule is CC/C=C\C/C=C\C/C=C\C/C=C\CCCCCCCCCCC(=O)OC(COC(=O)CCCCCCCCC/C=C\C/C=C\C/C=C\CC)COP(=O)(O)OCC(O)CO. The summed E-state index contributed by atoms with van der Waals surface area (Å²) in [5.74, 6) is -0.951. The lowest BCUT2D eigenvalue weighted by Gasteiger charge is -2.20. The Kier molecular flexibility index (Phi) is 43.1. The number of carbonyl (C=O) groups is 2. The largest absolute Gasteiger partial charge is 0.472 e. The van der Waals surface area contributed by atoms with Crippen LogP contribution in [0.2, 0.25) is 0 Å². The van der Waals surface area contributed by atoms with Crippen molar-refractivity contribution >= 4 is 19.8 Å². The fourth-order valence-corrected chi connectivity index (χ4v) is 6.79. The number of allylic oxidation sites excluding steroid dienone is 14. The molecule has 0 amide bonds. The van der Waals surface area contributed by atoms with Gasteiger partial charge in [-0.2, -0.15) is 0 Å². The van der Waals surface area contributed by atoms with E-state index in [1.807, 2.05) is 0 Å². The lowest BCUT2D eigenvalue weighted by atomic mass is 10.1. The van der Waals surface area contributed by atoms with Crippen LogP contribution < -0.4 is 0 Å². The molecule has 0 radical (unpaired) electrons. The van der Waals surface area contributed by atoms with Crippen LogP contribution in [-0.2, 0) is 32.7 Å². The zero-order valence-corrected chi connectivity index (χ0v) is 39.0. The number of phosphoric acid groups is 1. The first-order valence-corrected chi connectivity index (χ1v) is 25.0. The third kappa shape index (κ3) is 45.0. The number of phosphoric ester groups is 1. The van der Waals surface area contributed by atoms with E-state index in [4.69, 9.17) is 23.6 Å². The molecule has 3 unspecified atom stereocenters. The molecule has 0 fully saturated rings. The molecule has 0 saturated carbocycles. The number of rotatable bonds is 43. The van der Waals surface area contributed by atoms with Crippen LogP contribution in [0.25, 0.3) is 0 Å². The number of ether oxygens (including phenoxy) is 2. The molecule has 0 aromatic carbocycles. The molecule has 0 rings (SSSR count). The summed E-state index contributed by atoms with van der Waals surface area (Å²) in [6.45, 7) is 2.13. The van der Waals surface area contributed by atoms with Crippen LogP contribution >= 0.6 is 7.82 Å². The monoisotopic (exact) mass is 877 g/mol. The molecule has 0 aromatic heterocycles. The highest BCUT2D eigenvalue weighted by atomic mass is 31.2. The Morgan fingerprint density at radius 3 is 1.28 bits per heavy atom. The third-order valence-corrected chi connectivity index (χ3v) is 10.5. The average Bonchev–Trinajstić information content (AvgIpc) is 3.25. The van der Waals surface area contributed by atoms with Gasteiger partial charge in [0.1, 0.15) is 12.7 Å². The molecule has 3 N–H and O–H groups in total. The van der Waals surface area contributed by atoms with Crippen molar-refractivity contribution in [3.63, 3.8) is 0 Å². The predicted octanol–water partition coefficient (Wildman–Crippen LogP) is 13.0. The lowest BCUT2D eigenvalue weighted by molar-refractivity contribution is -0.161. The predicted molar refractivity (Wildman–Crippen MR) is 251 cm³/mol. The van der Waals surface area contributed by atoms with Gasteiger partial charge in [0, 0.05) is 12.8 Å². The van der Waals surface area contributed by atoms with Gasteiger partial charge in [0.05, 0.1) is 19.8 Å². The summed E-state index contributed by atoms with van der Waals surface area (Å²) in [7, 11) is -4.63. The maximum atomic E-state index is 12.7. The minimum atomic E-state index is -4.63. The Hall–Kier alpha value is -2.85. The molecule has 350 valence electrons. The molecule has 11 heteroatoms. The molecule has 0 bridgehead atoms. The molecule has 10 nitrogen and oxygen atoms in total. The Labute approximate surface area is 371 Å². The summed E-state index contributed by atoms with van der Waals surface area (Å²) >= 11 is 0. The molecule has 3 atom stereocenters. The highest BCUT2D eigenvalue weighted by Crippen LogP contribution is 2.43. The second-order valence-corrected chi connectivity index (χ2v) is 16.8. The molecule has 0 aliphatic heterocycles. The fraction of sp³-hybridized carbons (Fsp3) is 0.680. The highest BCUT2D eigenvalue weighted by molar-refractivity contribution is 7.47. The van der Waals surface area contributed by atoms with Crippen molar-refractivity contribution in [3.05, 3.63) is 85.1 Å². The fourth-order valence-electron chi connectivity index (χ4n) is 6.00. The minimum Gasteiger partial charge on any atom is -0.462 e. The van der Waals surface area contributed by atoms with Crippen molar-refractivity contribution in [3.8, 4) is 0 Å². The van der Waals surface area contributed by atoms with Crippen molar-refractivity contribution < 1.29 is 47.8 Å². The number of carbonyl (C=O) groups excluding carboxylic acids is 2. The van der Waals surface area contributed by atoms with Crippen molar-refractivity contribution in [2.24, 2.45) is 0 Å². The van der Waals surface area contributed by atoms with E-state index in [9.17, 15) is 24.2 Å². The Morgan fingerprint density at radius 1 is 0.492 bits per heavy atom. The number of hydrogen-bond donors (Lipinski definition) is 3. The van der Waals surface area contributed by atoms with Crippen molar-refractivity contribution in [2.45, 2.75) is 193 Å². The van der Waals surface area contributed by atoms with Crippen LogP contribution in [0.5, 0.6) is 0 Å². The molecule has 0 aliphatic carbocycles. The second-order valence-electron chi connectivity index (χ2n) is 15.4. The van der Waals surface area contributed by atoms with E-state index in [1.54, 1.807) is 0 Å². The normalized spacial score (nSPS) is 14.5. The van der Waals surface area contributed by atoms with E-state index in [-0.39, 0.29) is 19.4 Å². The summed E-state index contributed by atoms with van der Waals surface area (Å²) in [6, 6.07) is 0. The molecular formula is C50H85O10P. The van der Waals surface area contributed by atoms with Gasteiger partial charge in [-0.1, -0.05) is 170 Å². The smallest absolute Gasteiger partial charge is 0.462 e. The molecular weight excluding hydrogens is 792 g/mol. The van der Waals surface area contributed by atoms with E-state index in [0.717, 1.165) is 103 Å². The maximum absolute atomic E-state index is 12.7. The Bertz CT molecular complexity index is 1280. The number of esters is 2. The van der Waals surface area contributed by atoms with E-state index >= 15 is 0 Å². The Morgan fingerprint density at radius 2 is 0.852 bits per heavy atom. The van der Waals surface area contributed by atoms with Gasteiger partial charge in [-0.05, 0) is 83.5 Å². The van der Waals surface area contributed by atoms with Crippen LogP contribution in [0.1, 0.15) is 181 Å². The van der Waals surface area contributed by atoms with Gasteiger partial charge in [-0.25, -0.2) is 4.57 Å². The van der Waals surface area contributed by atoms with E-state index in [2.05, 4.69) is 98.9 Å². The molecule has 0 heterocycles. The van der Waals surface area contributed by atoms with Crippen LogP contribution in [0, 0.1) is 0 Å². The first-order valence-electron chi connectivity index (χ1n) is 23.5. The van der Waals surface area contributed by atoms with Crippen molar-refractivity contribution in [2.75, 3.05) is 26.4 Å². The van der Waals surface area contributed by atoms with E-state index in [1.165, 1.54) is 38.5 Å². The van der Waals surface area contributed by atoms with Crippen LogP contribution in [0.3, 0.4) is 0 Å². The number of hydrogen-bond acceptors (Lipinski definition) is 9. The van der Waals surface area contributed by atoms with Crippen molar-refractivity contribution in [1.29, 1.82) is 0 Å². The topological polar surface area (TPSA) is 149 Å². The molecule has 0 aliphatic rings. The average molecular weight is 877 g/mol. The summed E-state index contributed by atoms with van der Waals surface area (Å²) in [4.78, 5) is 35.1. The number of aliphatic hydroxyl groups is 2. The summed E-state index contributed by atoms with van der Waals surface area (Å²) < 4.78 is 32.8. The quantitative estimate of drug-likeness (QED) is 0.0234. The zero-order chi connectivity index (χ0) is 44.8. The van der Waals surface area contributed by atoms with Gasteiger partial charge in [-0.3, -0.25) is 18.6 Å². The molecule has 0 aromatic rings. The standard InChI is InChI=1S/C50H85O10P/c1-3-5-7-9-11-13-15-17-19-21-22-23-24-26-28-30-32-34-36-38-40-42-50(54)60-48(46-59-61(55,56)58-44-47(52)43-51)45-57-49(53)41-39-37-35-33-31-29-27-25-20-18-16-14-12-10-8-6-4-2/h5-8,11-14,17-20,22-23,47-48,51-52H,3-4,9-10,15-16,21,24-46H2,1-2H3,(H,55,56)/b7-5-,8-6-,13-11-,14-12-,19-17-,20-18-,23-22-. The molecule has 0 spiro atoms. The zero-order valence-electron chi connectivity index (χ0n) is 38.1. The van der Waals surface area contributed by atoms with Gasteiger partial charge in [0.2, 0.25) is 0 Å². The lowest BCUT2D eigenvalue weighted by Crippen LogP contribution is -2.29. The summed E-state index contributed by atoms with van der Waals surface area (Å²) in [5, 5.41) is 18.4. The first-order chi connectivity index (χ1) is 29.7. The highest BCUT2D eigenvalue weighted by Gasteiger charge is 2.27. The third-order valence-electron chi connectivity index (χ3n) is 9.54. The van der Waals surface area contributed by atoms with Crippen LogP contribution in [0.4, 0.5) is 0 Å². The van der Waals surface area contributed by atoms with Gasteiger partial charge in [0.15, 0.2) is 6.10 Å². The van der Waals surface area contributed by atoms with Gasteiger partial charge < -0.3 is 24.6 Å². The number of unbranched alkanes of at least 4 members (excludes halogenated alkanes) is 15. The van der Waals surface area contributed by atoms with Gasteiger partial charge in [-0.15, -0.1) is 0 Å². The van der Waals surface area contributed by atoms with E-state index < -0.39 is 51.8 Å². The number of aliphatic hydroxyl groups excluding tert-OH is 2. The van der Waals surface area contributed by atoms with Crippen LogP contribution in [0.15, 0.2) is 85.1 Å². The van der Waals surface area contributed by atoms with Crippen LogP contribution in [-0.4, -0.2) is 65.7 Å². The molecule has 0 saturated heterocycles. The van der Waals surface area contributed by atoms with E-state index in [0.29, 0.717) is 12.8 Å². The molecule has 61 heavy (non-hydrogen) atoms. The summed E-state index contributed by atoms with van der Waals surface area (Å²) in [5.41, 5.74) is 0.